The van der Waals surface area contributed by atoms with Crippen molar-refractivity contribution in [3.8, 4) is 0 Å². The molecule has 1 aliphatic carbocycles. The van der Waals surface area contributed by atoms with Crippen LogP contribution in [0.15, 0.2) is 30.3 Å². The zero-order chi connectivity index (χ0) is 11.7. The van der Waals surface area contributed by atoms with E-state index in [1.165, 1.54) is 31.5 Å². The molecule has 0 spiro atoms. The summed E-state index contributed by atoms with van der Waals surface area (Å²) in [7, 11) is 0. The van der Waals surface area contributed by atoms with Gasteiger partial charge in [0.1, 0.15) is 0 Å². The first-order valence-electron chi connectivity index (χ1n) is 6.72. The van der Waals surface area contributed by atoms with Crippen molar-refractivity contribution in [1.82, 2.24) is 4.90 Å². The molecule has 0 amide bonds. The highest BCUT2D eigenvalue weighted by atomic mass is 16.3. The maximum Gasteiger partial charge on any atom is 0.0505 e. The van der Waals surface area contributed by atoms with E-state index in [4.69, 9.17) is 0 Å². The predicted molar refractivity (Wildman–Crippen MR) is 69.0 cm³/mol. The van der Waals surface area contributed by atoms with Crippen molar-refractivity contribution in [3.05, 3.63) is 35.9 Å². The third kappa shape index (κ3) is 2.12. The van der Waals surface area contributed by atoms with Crippen molar-refractivity contribution in [3.63, 3.8) is 0 Å². The molecule has 0 unspecified atom stereocenters. The van der Waals surface area contributed by atoms with E-state index in [0.717, 1.165) is 13.0 Å². The molecule has 0 aromatic heterocycles. The molecule has 17 heavy (non-hydrogen) atoms. The zero-order valence-corrected chi connectivity index (χ0v) is 10.3. The summed E-state index contributed by atoms with van der Waals surface area (Å²) in [6.45, 7) is 3.87. The number of hydrogen-bond donors (Lipinski definition) is 1. The number of hydrogen-bond acceptors (Lipinski definition) is 2. The molecule has 1 heterocycles. The minimum absolute atomic E-state index is 0.158. The van der Waals surface area contributed by atoms with Gasteiger partial charge in [-0.3, -0.25) is 0 Å². The Hall–Kier alpha value is -0.860. The summed E-state index contributed by atoms with van der Waals surface area (Å²) >= 11 is 0. The molecule has 2 fully saturated rings. The minimum Gasteiger partial charge on any atom is -0.396 e. The van der Waals surface area contributed by atoms with Gasteiger partial charge in [-0.05, 0) is 43.8 Å². The van der Waals surface area contributed by atoms with Gasteiger partial charge in [-0.15, -0.1) is 0 Å². The Morgan fingerprint density at radius 1 is 1.18 bits per heavy atom. The van der Waals surface area contributed by atoms with Crippen molar-refractivity contribution in [2.24, 2.45) is 5.41 Å². The Kier molecular flexibility index (Phi) is 2.93. The molecule has 1 saturated heterocycles. The number of rotatable bonds is 4. The molecule has 2 nitrogen and oxygen atoms in total. The van der Waals surface area contributed by atoms with E-state index < -0.39 is 0 Å². The van der Waals surface area contributed by atoms with Gasteiger partial charge in [0.2, 0.25) is 0 Å². The highest BCUT2D eigenvalue weighted by Crippen LogP contribution is 2.59. The van der Waals surface area contributed by atoms with Crippen molar-refractivity contribution >= 4 is 0 Å². The van der Waals surface area contributed by atoms with Crippen molar-refractivity contribution in [1.29, 1.82) is 0 Å². The second kappa shape index (κ2) is 4.43. The monoisotopic (exact) mass is 231 g/mol. The van der Waals surface area contributed by atoms with Gasteiger partial charge < -0.3 is 10.0 Å². The van der Waals surface area contributed by atoms with Gasteiger partial charge in [0, 0.05) is 12.0 Å². The first-order valence-corrected chi connectivity index (χ1v) is 6.72. The largest absolute Gasteiger partial charge is 0.396 e. The Morgan fingerprint density at radius 3 is 2.53 bits per heavy atom. The Bertz CT molecular complexity index is 372. The molecule has 92 valence electrons. The van der Waals surface area contributed by atoms with E-state index >= 15 is 0 Å². The SMILES string of the molecule is OC[C@]1(CN2CCCC2)C[C@@H]1c1ccccc1. The average molecular weight is 231 g/mol. The van der Waals surface area contributed by atoms with Gasteiger partial charge in [0.15, 0.2) is 0 Å². The maximum atomic E-state index is 9.72. The summed E-state index contributed by atoms with van der Waals surface area (Å²) in [4.78, 5) is 2.53. The van der Waals surface area contributed by atoms with Crippen LogP contribution in [0, 0.1) is 5.41 Å². The van der Waals surface area contributed by atoms with Crippen LogP contribution in [0.5, 0.6) is 0 Å². The molecular formula is C15H21NO. The lowest BCUT2D eigenvalue weighted by Gasteiger charge is -2.22. The van der Waals surface area contributed by atoms with Crippen LogP contribution >= 0.6 is 0 Å². The van der Waals surface area contributed by atoms with Crippen LogP contribution in [0.4, 0.5) is 0 Å². The average Bonchev–Trinajstić information content (AvgIpc) is 2.86. The summed E-state index contributed by atoms with van der Waals surface area (Å²) in [5.74, 6) is 0.578. The molecular weight excluding hydrogens is 210 g/mol. The van der Waals surface area contributed by atoms with Gasteiger partial charge in [0.05, 0.1) is 6.61 Å². The van der Waals surface area contributed by atoms with Crippen LogP contribution in [0.25, 0.3) is 0 Å². The molecule has 2 atom stereocenters. The number of benzene rings is 1. The molecule has 1 saturated carbocycles. The highest BCUT2D eigenvalue weighted by molar-refractivity contribution is 5.30. The van der Waals surface area contributed by atoms with Gasteiger partial charge >= 0.3 is 0 Å². The quantitative estimate of drug-likeness (QED) is 0.859. The fourth-order valence-electron chi connectivity index (χ4n) is 3.29. The van der Waals surface area contributed by atoms with Gasteiger partial charge in [0.25, 0.3) is 0 Å². The van der Waals surface area contributed by atoms with Crippen LogP contribution in [0.3, 0.4) is 0 Å². The molecule has 2 heteroatoms. The number of likely N-dealkylation sites (tertiary alicyclic amines) is 1. The Labute approximate surface area is 103 Å². The topological polar surface area (TPSA) is 23.5 Å². The standard InChI is InChI=1S/C15H21NO/c17-12-15(11-16-8-4-5-9-16)10-14(15)13-6-2-1-3-7-13/h1-3,6-7,14,17H,4-5,8-12H2/t14-,15-/m1/s1. The molecule has 3 rings (SSSR count). The Balaban J connectivity index is 1.69. The van der Waals surface area contributed by atoms with Crippen LogP contribution in [-0.2, 0) is 0 Å². The number of aliphatic hydroxyl groups excluding tert-OH is 1. The van der Waals surface area contributed by atoms with E-state index in [9.17, 15) is 5.11 Å². The predicted octanol–water partition coefficient (Wildman–Crippen LogP) is 2.25. The fraction of sp³-hybridized carbons (Fsp3) is 0.600. The molecule has 2 aliphatic rings. The normalized spacial score (nSPS) is 32.9. The zero-order valence-electron chi connectivity index (χ0n) is 10.3. The first-order chi connectivity index (χ1) is 8.34. The first kappa shape index (κ1) is 11.2. The summed E-state index contributed by atoms with van der Waals surface area (Å²) < 4.78 is 0. The van der Waals surface area contributed by atoms with Gasteiger partial charge in [-0.1, -0.05) is 30.3 Å². The van der Waals surface area contributed by atoms with E-state index in [1.54, 1.807) is 0 Å². The third-order valence-electron chi connectivity index (χ3n) is 4.44. The summed E-state index contributed by atoms with van der Waals surface area (Å²) in [5, 5.41) is 9.72. The van der Waals surface area contributed by atoms with Gasteiger partial charge in [-0.25, -0.2) is 0 Å². The molecule has 1 aliphatic heterocycles. The van der Waals surface area contributed by atoms with Crippen LogP contribution < -0.4 is 0 Å². The third-order valence-corrected chi connectivity index (χ3v) is 4.44. The second-order valence-corrected chi connectivity index (χ2v) is 5.67. The van der Waals surface area contributed by atoms with Crippen molar-refractivity contribution in [2.75, 3.05) is 26.2 Å². The fourth-order valence-corrected chi connectivity index (χ4v) is 3.29. The number of aliphatic hydroxyl groups is 1. The summed E-state index contributed by atoms with van der Waals surface area (Å²) in [5.41, 5.74) is 1.56. The molecule has 0 bridgehead atoms. The lowest BCUT2D eigenvalue weighted by molar-refractivity contribution is 0.159. The van der Waals surface area contributed by atoms with Crippen LogP contribution in [-0.4, -0.2) is 36.2 Å². The Morgan fingerprint density at radius 2 is 1.88 bits per heavy atom. The molecule has 0 radical (unpaired) electrons. The molecule has 1 aromatic rings. The van der Waals surface area contributed by atoms with Gasteiger partial charge in [-0.2, -0.15) is 0 Å². The minimum atomic E-state index is 0.158. The smallest absolute Gasteiger partial charge is 0.0505 e. The highest BCUT2D eigenvalue weighted by Gasteiger charge is 2.54. The van der Waals surface area contributed by atoms with Crippen LogP contribution in [0.1, 0.15) is 30.7 Å². The van der Waals surface area contributed by atoms with Crippen molar-refractivity contribution < 1.29 is 5.11 Å². The summed E-state index contributed by atoms with van der Waals surface area (Å²) in [6.07, 6.45) is 3.82. The summed E-state index contributed by atoms with van der Waals surface area (Å²) in [6, 6.07) is 10.7. The van der Waals surface area contributed by atoms with Crippen molar-refractivity contribution in [2.45, 2.75) is 25.2 Å². The van der Waals surface area contributed by atoms with E-state index in [0.29, 0.717) is 12.5 Å². The molecule has 1 N–H and O–H groups in total. The number of nitrogens with zero attached hydrogens (tertiary/aromatic N) is 1. The maximum absolute atomic E-state index is 9.72. The van der Waals surface area contributed by atoms with E-state index in [1.807, 2.05) is 0 Å². The second-order valence-electron chi connectivity index (χ2n) is 5.67. The lowest BCUT2D eigenvalue weighted by atomic mass is 9.99. The van der Waals surface area contributed by atoms with Crippen LogP contribution in [0.2, 0.25) is 0 Å². The lowest BCUT2D eigenvalue weighted by Crippen LogP contribution is -2.30. The van der Waals surface area contributed by atoms with E-state index in [2.05, 4.69) is 35.2 Å². The van der Waals surface area contributed by atoms with E-state index in [-0.39, 0.29) is 5.41 Å². The molecule has 1 aromatic carbocycles.